The van der Waals surface area contributed by atoms with Crippen LogP contribution >= 0.6 is 11.8 Å². The Morgan fingerprint density at radius 3 is 2.36 bits per heavy atom. The molecule has 0 heterocycles. The number of aryl methyl sites for hydroxylation is 2. The second-order valence-corrected chi connectivity index (χ2v) is 4.35. The summed E-state index contributed by atoms with van der Waals surface area (Å²) < 4.78 is 36.0. The van der Waals surface area contributed by atoms with Crippen LogP contribution in [0.5, 0.6) is 0 Å². The van der Waals surface area contributed by atoms with E-state index in [-0.39, 0.29) is 0 Å². The Balaban J connectivity index is 2.68. The van der Waals surface area contributed by atoms with Gasteiger partial charge in [0.15, 0.2) is 0 Å². The fourth-order valence-electron chi connectivity index (χ4n) is 1.15. The van der Waals surface area contributed by atoms with Crippen LogP contribution in [0.4, 0.5) is 12.9 Å². The number of benzene rings is 1. The maximum absolute atomic E-state index is 12.0. The third-order valence-electron chi connectivity index (χ3n) is 1.76. The van der Waals surface area contributed by atoms with Gasteiger partial charge in [0.25, 0.3) is 0 Å². The van der Waals surface area contributed by atoms with Gasteiger partial charge in [0.1, 0.15) is 0 Å². The first-order valence-electron chi connectivity index (χ1n) is 4.29. The minimum Gasteiger partial charge on any atom is -0.448 e. The zero-order valence-corrected chi connectivity index (χ0v) is 8.88. The van der Waals surface area contributed by atoms with E-state index < -0.39 is 12.6 Å². The third kappa shape index (κ3) is 3.66. The van der Waals surface area contributed by atoms with Crippen molar-refractivity contribution < 1.29 is 12.9 Å². The maximum atomic E-state index is 12.0. The zero-order valence-electron chi connectivity index (χ0n) is 8.06. The molecule has 0 aliphatic rings. The highest BCUT2D eigenvalue weighted by molar-refractivity contribution is 8.00. The predicted molar refractivity (Wildman–Crippen MR) is 55.7 cm³/mol. The molecule has 0 unspecified atom stereocenters. The molecule has 78 valence electrons. The molecule has 0 aliphatic carbocycles. The molecular formula is C9H11BF3S-. The van der Waals surface area contributed by atoms with Gasteiger partial charge in [-0.05, 0) is 31.1 Å². The van der Waals surface area contributed by atoms with Crippen LogP contribution in [0.15, 0.2) is 23.1 Å². The molecule has 1 aromatic rings. The van der Waals surface area contributed by atoms with Crippen LogP contribution in [0.1, 0.15) is 11.1 Å². The first-order valence-corrected chi connectivity index (χ1v) is 5.28. The van der Waals surface area contributed by atoms with Crippen LogP contribution in [0.3, 0.4) is 0 Å². The molecule has 0 saturated heterocycles. The number of thioether (sulfide) groups is 1. The van der Waals surface area contributed by atoms with Crippen molar-refractivity contribution in [2.24, 2.45) is 0 Å². The monoisotopic (exact) mass is 219 g/mol. The van der Waals surface area contributed by atoms with Crippen molar-refractivity contribution in [1.82, 2.24) is 0 Å². The lowest BCUT2D eigenvalue weighted by Crippen LogP contribution is -2.18. The molecule has 0 atom stereocenters. The van der Waals surface area contributed by atoms with Crippen molar-refractivity contribution in [3.05, 3.63) is 29.3 Å². The van der Waals surface area contributed by atoms with Crippen LogP contribution in [0.2, 0.25) is 0 Å². The van der Waals surface area contributed by atoms with Gasteiger partial charge in [0.05, 0.1) is 0 Å². The summed E-state index contributed by atoms with van der Waals surface area (Å²) in [5.74, 6) is 0. The van der Waals surface area contributed by atoms with Gasteiger partial charge in [-0.25, -0.2) is 0 Å². The van der Waals surface area contributed by atoms with Crippen LogP contribution in [0.25, 0.3) is 0 Å². The van der Waals surface area contributed by atoms with Gasteiger partial charge < -0.3 is 12.9 Å². The molecule has 5 heteroatoms. The van der Waals surface area contributed by atoms with Gasteiger partial charge in [-0.3, -0.25) is 0 Å². The second-order valence-electron chi connectivity index (χ2n) is 3.29. The van der Waals surface area contributed by atoms with Crippen LogP contribution < -0.4 is 0 Å². The van der Waals surface area contributed by atoms with Crippen LogP contribution in [-0.4, -0.2) is 12.6 Å². The van der Waals surface area contributed by atoms with Crippen molar-refractivity contribution in [2.45, 2.75) is 18.7 Å². The molecule has 1 aromatic carbocycles. The molecular weight excluding hydrogens is 208 g/mol. The largest absolute Gasteiger partial charge is 0.488 e. The normalized spacial score (nSPS) is 11.8. The van der Waals surface area contributed by atoms with Gasteiger partial charge in [-0.2, -0.15) is 11.8 Å². The van der Waals surface area contributed by atoms with E-state index in [9.17, 15) is 12.9 Å². The van der Waals surface area contributed by atoms with E-state index in [4.69, 9.17) is 0 Å². The van der Waals surface area contributed by atoms with Crippen LogP contribution in [0, 0.1) is 13.8 Å². The minimum atomic E-state index is -4.69. The Bertz CT molecular complexity index is 322. The summed E-state index contributed by atoms with van der Waals surface area (Å²) in [6.07, 6.45) is 0. The Morgan fingerprint density at radius 2 is 1.86 bits per heavy atom. The van der Waals surface area contributed by atoms with E-state index in [2.05, 4.69) is 0 Å². The summed E-state index contributed by atoms with van der Waals surface area (Å²) in [4.78, 5) is 0.717. The lowest BCUT2D eigenvalue weighted by molar-refractivity contribution is 0.485. The van der Waals surface area contributed by atoms with E-state index >= 15 is 0 Å². The highest BCUT2D eigenvalue weighted by atomic mass is 32.2. The lowest BCUT2D eigenvalue weighted by atomic mass is 9.98. The standard InChI is InChI=1S/C9H11BF3S/c1-7-3-4-9(8(2)5-7)14-6-10(11,12)13/h3-5H,6H2,1-2H3/q-1. The van der Waals surface area contributed by atoms with Gasteiger partial charge in [-0.1, -0.05) is 17.7 Å². The Hall–Kier alpha value is -0.575. The highest BCUT2D eigenvalue weighted by Crippen LogP contribution is 2.27. The highest BCUT2D eigenvalue weighted by Gasteiger charge is 2.22. The van der Waals surface area contributed by atoms with E-state index in [0.717, 1.165) is 27.8 Å². The zero-order chi connectivity index (χ0) is 10.8. The Kier molecular flexibility index (Phi) is 3.53. The molecule has 0 N–H and O–H groups in total. The van der Waals surface area contributed by atoms with Gasteiger partial charge in [0.2, 0.25) is 0 Å². The maximum Gasteiger partial charge on any atom is 0.488 e. The molecule has 0 bridgehead atoms. The summed E-state index contributed by atoms with van der Waals surface area (Å²) in [6.45, 7) is -0.931. The summed E-state index contributed by atoms with van der Waals surface area (Å²) in [7, 11) is 0. The average Bonchev–Trinajstić information content (AvgIpc) is 2.00. The molecule has 0 aliphatic heterocycles. The minimum absolute atomic E-state index is 0.717. The number of hydrogen-bond acceptors (Lipinski definition) is 1. The van der Waals surface area contributed by atoms with E-state index in [1.807, 2.05) is 26.0 Å². The summed E-state index contributed by atoms with van der Waals surface area (Å²) in [6, 6.07) is 5.47. The fourth-order valence-corrected chi connectivity index (χ4v) is 1.96. The van der Waals surface area contributed by atoms with Crippen molar-refractivity contribution in [3.63, 3.8) is 0 Å². The molecule has 1 rings (SSSR count). The first-order chi connectivity index (χ1) is 6.38. The Labute approximate surface area is 86.0 Å². The molecule has 0 saturated carbocycles. The molecule has 0 spiro atoms. The number of hydrogen-bond donors (Lipinski definition) is 0. The van der Waals surface area contributed by atoms with Gasteiger partial charge >= 0.3 is 6.98 Å². The van der Waals surface area contributed by atoms with E-state index in [1.165, 1.54) is 0 Å². The summed E-state index contributed by atoms with van der Waals surface area (Å²) in [5.41, 5.74) is 1.23. The molecule has 0 amide bonds. The number of rotatable bonds is 3. The summed E-state index contributed by atoms with van der Waals surface area (Å²) >= 11 is 0.865. The smallest absolute Gasteiger partial charge is 0.448 e. The van der Waals surface area contributed by atoms with E-state index in [1.54, 1.807) is 6.07 Å². The quantitative estimate of drug-likeness (QED) is 0.550. The second kappa shape index (κ2) is 4.30. The first kappa shape index (κ1) is 11.5. The molecule has 0 radical (unpaired) electrons. The summed E-state index contributed by atoms with van der Waals surface area (Å²) in [5, 5.41) is 0. The average molecular weight is 219 g/mol. The molecule has 14 heavy (non-hydrogen) atoms. The van der Waals surface area contributed by atoms with E-state index in [0.29, 0.717) is 0 Å². The van der Waals surface area contributed by atoms with Crippen molar-refractivity contribution in [2.75, 3.05) is 5.65 Å². The SMILES string of the molecule is Cc1ccc(SC[B-](F)(F)F)c(C)c1. The number of halogens is 3. The molecule has 0 aromatic heterocycles. The topological polar surface area (TPSA) is 0 Å². The Morgan fingerprint density at radius 1 is 1.21 bits per heavy atom. The van der Waals surface area contributed by atoms with Gasteiger partial charge in [0, 0.05) is 4.90 Å². The van der Waals surface area contributed by atoms with Gasteiger partial charge in [-0.15, -0.1) is 0 Å². The molecule has 0 nitrogen and oxygen atoms in total. The van der Waals surface area contributed by atoms with Crippen molar-refractivity contribution in [3.8, 4) is 0 Å². The van der Waals surface area contributed by atoms with Crippen LogP contribution in [-0.2, 0) is 0 Å². The van der Waals surface area contributed by atoms with Crippen molar-refractivity contribution in [1.29, 1.82) is 0 Å². The van der Waals surface area contributed by atoms with Crippen molar-refractivity contribution >= 4 is 18.7 Å². The lowest BCUT2D eigenvalue weighted by Gasteiger charge is -2.14. The molecule has 0 fully saturated rings. The fraction of sp³-hybridized carbons (Fsp3) is 0.333. The third-order valence-corrected chi connectivity index (χ3v) is 3.07. The predicted octanol–water partition coefficient (Wildman–Crippen LogP) is 3.78.